The van der Waals surface area contributed by atoms with E-state index in [0.29, 0.717) is 32.9 Å². The molecule has 3 aromatic rings. The van der Waals surface area contributed by atoms with E-state index < -0.39 is 16.7 Å². The van der Waals surface area contributed by atoms with Crippen molar-refractivity contribution in [1.29, 1.82) is 0 Å². The molecular weight excluding hydrogens is 412 g/mol. The predicted molar refractivity (Wildman–Crippen MR) is 122 cm³/mol. The molecule has 0 fully saturated rings. The highest BCUT2D eigenvalue weighted by molar-refractivity contribution is 8.00. The highest BCUT2D eigenvalue weighted by Gasteiger charge is 2.44. The van der Waals surface area contributed by atoms with E-state index >= 15 is 0 Å². The number of aromatic nitrogens is 1. The summed E-state index contributed by atoms with van der Waals surface area (Å²) in [6, 6.07) is 16.1. The Morgan fingerprint density at radius 1 is 1.13 bits per heavy atom. The number of benzene rings is 2. The lowest BCUT2D eigenvalue weighted by Crippen LogP contribution is -2.60. The van der Waals surface area contributed by atoms with Gasteiger partial charge in [0.25, 0.3) is 0 Å². The molecule has 2 heterocycles. The van der Waals surface area contributed by atoms with Gasteiger partial charge in [0.2, 0.25) is 17.7 Å². The molecule has 2 aromatic carbocycles. The highest BCUT2D eigenvalue weighted by Crippen LogP contribution is 2.38. The molecule has 8 heteroatoms. The number of carbonyl (C=O) groups is 3. The molecule has 0 saturated carbocycles. The Kier molecular flexibility index (Phi) is 5.18. The van der Waals surface area contributed by atoms with Crippen molar-refractivity contribution in [3.05, 3.63) is 60.2 Å². The van der Waals surface area contributed by atoms with Crippen LogP contribution in [0, 0.1) is 0 Å². The van der Waals surface area contributed by atoms with Crippen molar-refractivity contribution in [3.63, 3.8) is 0 Å². The third-order valence-corrected chi connectivity index (χ3v) is 6.34. The SMILES string of the molecule is CC(Sc1cc(C(N)=O)c2ccccc2n1)C(=O)N1c2ccccc2NC(=O)C1(C)C. The molecule has 4 rings (SSSR count). The minimum Gasteiger partial charge on any atom is -0.366 e. The summed E-state index contributed by atoms with van der Waals surface area (Å²) < 4.78 is 0. The van der Waals surface area contributed by atoms with Gasteiger partial charge in [-0.1, -0.05) is 42.1 Å². The van der Waals surface area contributed by atoms with Gasteiger partial charge in [0, 0.05) is 5.39 Å². The molecule has 7 nitrogen and oxygen atoms in total. The van der Waals surface area contributed by atoms with Crippen LogP contribution in [0.3, 0.4) is 0 Å². The number of carbonyl (C=O) groups excluding carboxylic acids is 3. The van der Waals surface area contributed by atoms with E-state index in [1.54, 1.807) is 45.0 Å². The summed E-state index contributed by atoms with van der Waals surface area (Å²) in [7, 11) is 0. The van der Waals surface area contributed by atoms with E-state index in [0.717, 1.165) is 0 Å². The number of amides is 3. The summed E-state index contributed by atoms with van der Waals surface area (Å²) in [5.74, 6) is -1.04. The molecule has 1 aromatic heterocycles. The maximum absolute atomic E-state index is 13.5. The summed E-state index contributed by atoms with van der Waals surface area (Å²) in [5.41, 5.74) is 6.73. The van der Waals surface area contributed by atoms with Gasteiger partial charge in [0.15, 0.2) is 0 Å². The lowest BCUT2D eigenvalue weighted by Gasteiger charge is -2.43. The summed E-state index contributed by atoms with van der Waals surface area (Å²) in [4.78, 5) is 44.3. The van der Waals surface area contributed by atoms with Crippen molar-refractivity contribution in [1.82, 2.24) is 4.98 Å². The first kappa shape index (κ1) is 20.9. The molecule has 0 bridgehead atoms. The molecule has 3 amide bonds. The van der Waals surface area contributed by atoms with Crippen molar-refractivity contribution in [2.24, 2.45) is 5.73 Å². The summed E-state index contributed by atoms with van der Waals surface area (Å²) in [5, 5.41) is 3.48. The van der Waals surface area contributed by atoms with E-state index in [1.807, 2.05) is 30.3 Å². The number of primary amides is 1. The summed E-state index contributed by atoms with van der Waals surface area (Å²) in [6.45, 7) is 5.19. The zero-order valence-corrected chi connectivity index (χ0v) is 18.2. The Morgan fingerprint density at radius 2 is 1.81 bits per heavy atom. The lowest BCUT2D eigenvalue weighted by atomic mass is 9.96. The van der Waals surface area contributed by atoms with Gasteiger partial charge in [-0.15, -0.1) is 0 Å². The van der Waals surface area contributed by atoms with Crippen LogP contribution in [0.4, 0.5) is 11.4 Å². The average Bonchev–Trinajstić information content (AvgIpc) is 2.73. The molecule has 1 aliphatic heterocycles. The first-order valence-electron chi connectivity index (χ1n) is 9.81. The van der Waals surface area contributed by atoms with E-state index in [1.165, 1.54) is 16.7 Å². The van der Waals surface area contributed by atoms with E-state index in [-0.39, 0.29) is 11.8 Å². The standard InChI is InChI=1S/C23H22N4O3S/c1-13(31-19-12-15(20(24)28)14-8-4-5-9-16(14)25-19)21(29)27-18-11-7-6-10-17(18)26-22(30)23(27,2)3/h4-13H,1-3H3,(H2,24,28)(H,26,30). The number of rotatable bonds is 4. The van der Waals surface area contributed by atoms with Crippen molar-refractivity contribution in [2.75, 3.05) is 10.2 Å². The Bertz CT molecular complexity index is 1220. The molecule has 0 spiro atoms. The van der Waals surface area contributed by atoms with Crippen molar-refractivity contribution >= 4 is 51.8 Å². The van der Waals surface area contributed by atoms with Gasteiger partial charge in [0.05, 0.1) is 32.7 Å². The van der Waals surface area contributed by atoms with Crippen LogP contribution in [0.5, 0.6) is 0 Å². The molecule has 1 unspecified atom stereocenters. The number of fused-ring (bicyclic) bond motifs is 2. The maximum Gasteiger partial charge on any atom is 0.250 e. The number of nitrogens with one attached hydrogen (secondary N) is 1. The van der Waals surface area contributed by atoms with Crippen LogP contribution >= 0.6 is 11.8 Å². The van der Waals surface area contributed by atoms with Crippen LogP contribution in [0.1, 0.15) is 31.1 Å². The number of anilines is 2. The van der Waals surface area contributed by atoms with Crippen molar-refractivity contribution < 1.29 is 14.4 Å². The Hall–Kier alpha value is -3.39. The normalized spacial score (nSPS) is 15.8. The fourth-order valence-electron chi connectivity index (χ4n) is 3.68. The largest absolute Gasteiger partial charge is 0.366 e. The quantitative estimate of drug-likeness (QED) is 0.611. The lowest BCUT2D eigenvalue weighted by molar-refractivity contribution is -0.126. The molecular formula is C23H22N4O3S. The van der Waals surface area contributed by atoms with Gasteiger partial charge in [0.1, 0.15) is 5.54 Å². The van der Waals surface area contributed by atoms with Gasteiger partial charge in [-0.3, -0.25) is 19.3 Å². The van der Waals surface area contributed by atoms with Gasteiger partial charge in [-0.25, -0.2) is 4.98 Å². The van der Waals surface area contributed by atoms with Crippen LogP contribution in [0.2, 0.25) is 0 Å². The van der Waals surface area contributed by atoms with Gasteiger partial charge in [-0.2, -0.15) is 0 Å². The predicted octanol–water partition coefficient (Wildman–Crippen LogP) is 3.58. The first-order valence-corrected chi connectivity index (χ1v) is 10.7. The van der Waals surface area contributed by atoms with Gasteiger partial charge in [-0.05, 0) is 45.0 Å². The first-order chi connectivity index (χ1) is 14.7. The van der Waals surface area contributed by atoms with Crippen LogP contribution < -0.4 is 16.0 Å². The minimum atomic E-state index is -1.06. The Labute approximate surface area is 184 Å². The number of hydrogen-bond donors (Lipinski definition) is 2. The zero-order chi connectivity index (χ0) is 22.3. The van der Waals surface area contributed by atoms with Crippen molar-refractivity contribution in [2.45, 2.75) is 36.6 Å². The fourth-order valence-corrected chi connectivity index (χ4v) is 4.58. The Balaban J connectivity index is 1.69. The number of hydrogen-bond acceptors (Lipinski definition) is 5. The van der Waals surface area contributed by atoms with Crippen LogP contribution in [-0.4, -0.2) is 33.5 Å². The maximum atomic E-state index is 13.5. The number of nitrogens with zero attached hydrogens (tertiary/aromatic N) is 2. The molecule has 158 valence electrons. The number of para-hydroxylation sites is 3. The highest BCUT2D eigenvalue weighted by atomic mass is 32.2. The molecule has 0 aliphatic carbocycles. The van der Waals surface area contributed by atoms with E-state index in [9.17, 15) is 14.4 Å². The molecule has 1 aliphatic rings. The third kappa shape index (κ3) is 3.63. The number of thioether (sulfide) groups is 1. The summed E-state index contributed by atoms with van der Waals surface area (Å²) >= 11 is 1.23. The van der Waals surface area contributed by atoms with E-state index in [2.05, 4.69) is 10.3 Å². The zero-order valence-electron chi connectivity index (χ0n) is 17.4. The molecule has 0 saturated heterocycles. The fraction of sp³-hybridized carbons (Fsp3) is 0.217. The molecule has 3 N–H and O–H groups in total. The van der Waals surface area contributed by atoms with Crippen molar-refractivity contribution in [3.8, 4) is 0 Å². The van der Waals surface area contributed by atoms with Crippen LogP contribution in [0.25, 0.3) is 10.9 Å². The molecule has 0 radical (unpaired) electrons. The van der Waals surface area contributed by atoms with Gasteiger partial charge < -0.3 is 11.1 Å². The van der Waals surface area contributed by atoms with Gasteiger partial charge >= 0.3 is 0 Å². The van der Waals surface area contributed by atoms with E-state index in [4.69, 9.17) is 5.73 Å². The third-order valence-electron chi connectivity index (χ3n) is 5.33. The number of nitrogens with two attached hydrogens (primary N) is 1. The van der Waals surface area contributed by atoms with Crippen LogP contribution in [-0.2, 0) is 9.59 Å². The second kappa shape index (κ2) is 7.70. The molecule has 1 atom stereocenters. The number of pyridine rings is 1. The topological polar surface area (TPSA) is 105 Å². The average molecular weight is 435 g/mol. The second-order valence-corrected chi connectivity index (χ2v) is 9.21. The minimum absolute atomic E-state index is 0.229. The second-order valence-electron chi connectivity index (χ2n) is 7.85. The monoisotopic (exact) mass is 434 g/mol. The van der Waals surface area contributed by atoms with Crippen LogP contribution in [0.15, 0.2) is 59.6 Å². The Morgan fingerprint density at radius 3 is 2.55 bits per heavy atom. The molecule has 31 heavy (non-hydrogen) atoms. The summed E-state index contributed by atoms with van der Waals surface area (Å²) in [6.07, 6.45) is 0. The smallest absolute Gasteiger partial charge is 0.250 e.